The minimum atomic E-state index is -0.775. The number of pyridine rings is 1. The number of hydrogen-bond acceptors (Lipinski definition) is 6. The molecule has 7 nitrogen and oxygen atoms in total. The summed E-state index contributed by atoms with van der Waals surface area (Å²) in [6.07, 6.45) is 4.92. The SMILES string of the molecule is C=CCOc1ccc(/C(O)=C2\C(=O)C(=O)N(Cc3cccnc3)[C@H]2c2ccc(OC)cc2)cc1. The van der Waals surface area contributed by atoms with E-state index in [2.05, 4.69) is 11.6 Å². The summed E-state index contributed by atoms with van der Waals surface area (Å²) in [5, 5.41) is 11.2. The van der Waals surface area contributed by atoms with Gasteiger partial charge >= 0.3 is 0 Å². The van der Waals surface area contributed by atoms with Gasteiger partial charge in [0.05, 0.1) is 18.7 Å². The average molecular weight is 456 g/mol. The second-order valence-corrected chi connectivity index (χ2v) is 7.69. The van der Waals surface area contributed by atoms with Crippen molar-refractivity contribution < 1.29 is 24.2 Å². The van der Waals surface area contributed by atoms with Crippen LogP contribution in [-0.4, -0.2) is 40.4 Å². The molecule has 1 aliphatic heterocycles. The third-order valence-electron chi connectivity index (χ3n) is 5.54. The topological polar surface area (TPSA) is 89.0 Å². The molecule has 4 rings (SSSR count). The number of carbonyl (C=O) groups excluding carboxylic acids is 2. The zero-order valence-corrected chi connectivity index (χ0v) is 18.7. The van der Waals surface area contributed by atoms with Crippen molar-refractivity contribution in [3.8, 4) is 11.5 Å². The molecule has 3 aromatic rings. The molecule has 0 aliphatic carbocycles. The van der Waals surface area contributed by atoms with E-state index in [0.29, 0.717) is 29.2 Å². The molecule has 172 valence electrons. The van der Waals surface area contributed by atoms with Crippen molar-refractivity contribution in [1.29, 1.82) is 0 Å². The van der Waals surface area contributed by atoms with Gasteiger partial charge in [-0.2, -0.15) is 0 Å². The Morgan fingerprint density at radius 2 is 1.79 bits per heavy atom. The van der Waals surface area contributed by atoms with Crippen molar-refractivity contribution in [3.05, 3.63) is 108 Å². The Balaban J connectivity index is 1.78. The summed E-state index contributed by atoms with van der Waals surface area (Å²) in [7, 11) is 1.56. The average Bonchev–Trinajstić information content (AvgIpc) is 3.13. The molecule has 7 heteroatoms. The molecule has 1 aliphatic rings. The Hall–Kier alpha value is -4.39. The van der Waals surface area contributed by atoms with Crippen molar-refractivity contribution >= 4 is 17.4 Å². The third kappa shape index (κ3) is 4.54. The van der Waals surface area contributed by atoms with E-state index in [-0.39, 0.29) is 17.9 Å². The Kier molecular flexibility index (Phi) is 6.73. The molecular weight excluding hydrogens is 432 g/mol. The third-order valence-corrected chi connectivity index (χ3v) is 5.54. The Labute approximate surface area is 197 Å². The first-order valence-corrected chi connectivity index (χ1v) is 10.7. The molecular formula is C27H24N2O5. The lowest BCUT2D eigenvalue weighted by atomic mass is 9.95. The van der Waals surface area contributed by atoms with Crippen LogP contribution < -0.4 is 9.47 Å². The molecule has 2 aromatic carbocycles. The molecule has 1 fully saturated rings. The Morgan fingerprint density at radius 1 is 1.09 bits per heavy atom. The summed E-state index contributed by atoms with van der Waals surface area (Å²) >= 11 is 0. The monoisotopic (exact) mass is 456 g/mol. The lowest BCUT2D eigenvalue weighted by Gasteiger charge is -2.25. The largest absolute Gasteiger partial charge is 0.507 e. The quantitative estimate of drug-likeness (QED) is 0.236. The summed E-state index contributed by atoms with van der Waals surface area (Å²) in [5.74, 6) is -0.433. The maximum absolute atomic E-state index is 13.2. The maximum atomic E-state index is 13.2. The molecule has 1 atom stereocenters. The van der Waals surface area contributed by atoms with Gasteiger partial charge < -0.3 is 19.5 Å². The standard InChI is InChI=1S/C27H24N2O5/c1-3-15-34-22-12-8-20(9-13-22)25(30)23-24(19-6-10-21(33-2)11-7-19)29(27(32)26(23)31)17-18-5-4-14-28-16-18/h3-14,16,24,30H,1,15,17H2,2H3/b25-23+/t24-/m0/s1. The number of aliphatic hydroxyl groups excluding tert-OH is 1. The molecule has 0 unspecified atom stereocenters. The van der Waals surface area contributed by atoms with Gasteiger partial charge in [0.2, 0.25) is 0 Å². The van der Waals surface area contributed by atoms with E-state index in [1.165, 1.54) is 4.90 Å². The summed E-state index contributed by atoms with van der Waals surface area (Å²) in [6, 6.07) is 16.6. The molecule has 1 aromatic heterocycles. The van der Waals surface area contributed by atoms with Gasteiger partial charge in [0.15, 0.2) is 0 Å². The van der Waals surface area contributed by atoms with Gasteiger partial charge in [-0.25, -0.2) is 0 Å². The number of Topliss-reactive ketones (excluding diaryl/α,β-unsaturated/α-hetero) is 1. The zero-order valence-electron chi connectivity index (χ0n) is 18.7. The fourth-order valence-electron chi connectivity index (χ4n) is 3.88. The number of likely N-dealkylation sites (tertiary alicyclic amines) is 1. The van der Waals surface area contributed by atoms with Crippen molar-refractivity contribution in [2.45, 2.75) is 12.6 Å². The van der Waals surface area contributed by atoms with Gasteiger partial charge in [0, 0.05) is 24.5 Å². The van der Waals surface area contributed by atoms with E-state index < -0.39 is 17.7 Å². The van der Waals surface area contributed by atoms with E-state index in [9.17, 15) is 14.7 Å². The first-order chi connectivity index (χ1) is 16.5. The Bertz CT molecular complexity index is 1220. The molecule has 34 heavy (non-hydrogen) atoms. The van der Waals surface area contributed by atoms with Crippen molar-refractivity contribution in [2.24, 2.45) is 0 Å². The van der Waals surface area contributed by atoms with E-state index in [1.54, 1.807) is 80.2 Å². The van der Waals surface area contributed by atoms with Crippen molar-refractivity contribution in [1.82, 2.24) is 9.88 Å². The maximum Gasteiger partial charge on any atom is 0.295 e. The van der Waals surface area contributed by atoms with Crippen LogP contribution in [0.4, 0.5) is 0 Å². The van der Waals surface area contributed by atoms with E-state index in [1.807, 2.05) is 6.07 Å². The molecule has 1 amide bonds. The highest BCUT2D eigenvalue weighted by molar-refractivity contribution is 6.46. The highest BCUT2D eigenvalue weighted by atomic mass is 16.5. The first kappa shape index (κ1) is 22.8. The van der Waals surface area contributed by atoms with Gasteiger partial charge in [-0.15, -0.1) is 0 Å². The van der Waals surface area contributed by atoms with Gasteiger partial charge in [0.25, 0.3) is 11.7 Å². The van der Waals surface area contributed by atoms with Crippen LogP contribution in [0, 0.1) is 0 Å². The summed E-state index contributed by atoms with van der Waals surface area (Å²) in [6.45, 7) is 4.13. The second kappa shape index (κ2) is 10.0. The van der Waals surface area contributed by atoms with Crippen LogP contribution >= 0.6 is 0 Å². The Morgan fingerprint density at radius 3 is 2.41 bits per heavy atom. The number of carbonyl (C=O) groups is 2. The highest BCUT2D eigenvalue weighted by Crippen LogP contribution is 2.40. The van der Waals surface area contributed by atoms with Crippen LogP contribution in [-0.2, 0) is 16.1 Å². The van der Waals surface area contributed by atoms with E-state index >= 15 is 0 Å². The second-order valence-electron chi connectivity index (χ2n) is 7.69. The van der Waals surface area contributed by atoms with E-state index in [4.69, 9.17) is 9.47 Å². The molecule has 0 spiro atoms. The molecule has 1 N–H and O–H groups in total. The van der Waals surface area contributed by atoms with Crippen LogP contribution in [0.1, 0.15) is 22.7 Å². The van der Waals surface area contributed by atoms with Gasteiger partial charge in [0.1, 0.15) is 23.9 Å². The first-order valence-electron chi connectivity index (χ1n) is 10.7. The molecule has 0 saturated carbocycles. The normalized spacial score (nSPS) is 17.0. The van der Waals surface area contributed by atoms with Gasteiger partial charge in [-0.3, -0.25) is 14.6 Å². The van der Waals surface area contributed by atoms with Gasteiger partial charge in [-0.1, -0.05) is 30.9 Å². The molecule has 0 bridgehead atoms. The highest BCUT2D eigenvalue weighted by Gasteiger charge is 2.46. The van der Waals surface area contributed by atoms with Crippen LogP contribution in [0.5, 0.6) is 11.5 Å². The molecule has 2 heterocycles. The fraction of sp³-hybridized carbons (Fsp3) is 0.148. The van der Waals surface area contributed by atoms with Crippen molar-refractivity contribution in [3.63, 3.8) is 0 Å². The number of aliphatic hydroxyl groups is 1. The molecule has 0 radical (unpaired) electrons. The van der Waals surface area contributed by atoms with Crippen LogP contribution in [0.15, 0.2) is 91.3 Å². The lowest BCUT2D eigenvalue weighted by molar-refractivity contribution is -0.140. The number of ketones is 1. The lowest BCUT2D eigenvalue weighted by Crippen LogP contribution is -2.29. The smallest absolute Gasteiger partial charge is 0.295 e. The number of rotatable bonds is 8. The predicted molar refractivity (Wildman–Crippen MR) is 127 cm³/mol. The number of hydrogen-bond donors (Lipinski definition) is 1. The number of nitrogens with zero attached hydrogens (tertiary/aromatic N) is 2. The number of aromatic nitrogens is 1. The van der Waals surface area contributed by atoms with E-state index in [0.717, 1.165) is 5.56 Å². The summed E-state index contributed by atoms with van der Waals surface area (Å²) in [5.41, 5.74) is 1.88. The number of ether oxygens (including phenoxy) is 2. The number of benzene rings is 2. The van der Waals surface area contributed by atoms with Crippen LogP contribution in [0.25, 0.3) is 5.76 Å². The van der Waals surface area contributed by atoms with Crippen LogP contribution in [0.2, 0.25) is 0 Å². The van der Waals surface area contributed by atoms with Crippen molar-refractivity contribution in [2.75, 3.05) is 13.7 Å². The number of amides is 1. The summed E-state index contributed by atoms with van der Waals surface area (Å²) < 4.78 is 10.7. The predicted octanol–water partition coefficient (Wildman–Crippen LogP) is 4.28. The number of methoxy groups -OCH3 is 1. The fourth-order valence-corrected chi connectivity index (χ4v) is 3.88. The van der Waals surface area contributed by atoms with Crippen LogP contribution in [0.3, 0.4) is 0 Å². The zero-order chi connectivity index (χ0) is 24.1. The molecule has 1 saturated heterocycles. The minimum Gasteiger partial charge on any atom is -0.507 e. The minimum absolute atomic E-state index is 0.0267. The van der Waals surface area contributed by atoms with Gasteiger partial charge in [-0.05, 0) is 53.6 Å². The summed E-state index contributed by atoms with van der Waals surface area (Å²) in [4.78, 5) is 31.8.